The van der Waals surface area contributed by atoms with Crippen LogP contribution in [0, 0.1) is 25.2 Å². The molecule has 1 aliphatic heterocycles. The normalized spacial score (nSPS) is 17.3. The van der Waals surface area contributed by atoms with Gasteiger partial charge in [-0.05, 0) is 87.9 Å². The Hall–Kier alpha value is -4.31. The van der Waals surface area contributed by atoms with Crippen molar-refractivity contribution in [2.45, 2.75) is 39.8 Å². The number of rotatable bonds is 5. The number of Topliss-reactive ketones (excluding diaryl/α,β-unsaturated/α-hetero) is 1. The molecule has 1 amide bonds. The third kappa shape index (κ3) is 4.06. The summed E-state index contributed by atoms with van der Waals surface area (Å²) in [5, 5.41) is 20.3. The van der Waals surface area contributed by atoms with Gasteiger partial charge in [0.25, 0.3) is 11.7 Å². The zero-order chi connectivity index (χ0) is 24.6. The molecule has 2 heterocycles. The quantitative estimate of drug-likeness (QED) is 0.322. The van der Waals surface area contributed by atoms with E-state index in [0.717, 1.165) is 5.56 Å². The van der Waals surface area contributed by atoms with Crippen molar-refractivity contribution in [2.24, 2.45) is 0 Å². The molecule has 1 aromatic heterocycles. The zero-order valence-corrected chi connectivity index (χ0v) is 19.3. The molecule has 1 atom stereocenters. The van der Waals surface area contributed by atoms with Gasteiger partial charge in [0.15, 0.2) is 0 Å². The van der Waals surface area contributed by atoms with Gasteiger partial charge in [-0.2, -0.15) is 5.26 Å². The summed E-state index contributed by atoms with van der Waals surface area (Å²) < 4.78 is 11.6. The van der Waals surface area contributed by atoms with Gasteiger partial charge in [-0.25, -0.2) is 0 Å². The Kier molecular flexibility index (Phi) is 5.99. The number of benzene rings is 2. The van der Waals surface area contributed by atoms with Crippen molar-refractivity contribution in [1.29, 1.82) is 5.26 Å². The molecule has 3 aromatic rings. The van der Waals surface area contributed by atoms with Gasteiger partial charge in [0.2, 0.25) is 0 Å². The SMILES string of the molecule is Cc1ccc(C2/C(=C(/O)c3ccc(OC(C)C)c(C)c3)C(=O)C(=O)N2c2ccc(C#N)cc2)o1. The molecule has 0 bridgehead atoms. The molecule has 7 nitrogen and oxygen atoms in total. The van der Waals surface area contributed by atoms with Gasteiger partial charge in [-0.3, -0.25) is 14.5 Å². The van der Waals surface area contributed by atoms with Crippen LogP contribution in [0.5, 0.6) is 5.75 Å². The van der Waals surface area contributed by atoms with Crippen molar-refractivity contribution in [3.63, 3.8) is 0 Å². The Bertz CT molecular complexity index is 1340. The molecule has 4 rings (SSSR count). The molecule has 7 heteroatoms. The first-order chi connectivity index (χ1) is 16.2. The van der Waals surface area contributed by atoms with E-state index in [-0.39, 0.29) is 17.4 Å². The van der Waals surface area contributed by atoms with Gasteiger partial charge in [-0.1, -0.05) is 0 Å². The second kappa shape index (κ2) is 8.91. The van der Waals surface area contributed by atoms with Gasteiger partial charge >= 0.3 is 0 Å². The highest BCUT2D eigenvalue weighted by atomic mass is 16.5. The topological polar surface area (TPSA) is 104 Å². The number of aliphatic hydroxyl groups is 1. The van der Waals surface area contributed by atoms with E-state index >= 15 is 0 Å². The predicted octanol–water partition coefficient (Wildman–Crippen LogP) is 5.18. The van der Waals surface area contributed by atoms with Gasteiger partial charge in [0.1, 0.15) is 29.1 Å². The van der Waals surface area contributed by atoms with Gasteiger partial charge in [0.05, 0.1) is 23.3 Å². The van der Waals surface area contributed by atoms with Crippen LogP contribution in [0.3, 0.4) is 0 Å². The van der Waals surface area contributed by atoms with Crippen LogP contribution >= 0.6 is 0 Å². The molecule has 0 aliphatic carbocycles. The molecule has 2 aromatic carbocycles. The number of amides is 1. The highest BCUT2D eigenvalue weighted by Crippen LogP contribution is 2.43. The second-order valence-corrected chi connectivity index (χ2v) is 8.42. The van der Waals surface area contributed by atoms with Crippen LogP contribution in [0.25, 0.3) is 5.76 Å². The van der Waals surface area contributed by atoms with Gasteiger partial charge < -0.3 is 14.3 Å². The van der Waals surface area contributed by atoms with Crippen LogP contribution < -0.4 is 9.64 Å². The largest absolute Gasteiger partial charge is 0.507 e. The van der Waals surface area contributed by atoms with E-state index < -0.39 is 17.7 Å². The van der Waals surface area contributed by atoms with Gasteiger partial charge in [0, 0.05) is 11.3 Å². The maximum atomic E-state index is 13.2. The number of nitriles is 1. The Balaban J connectivity index is 1.87. The number of ether oxygens (including phenoxy) is 1. The number of nitrogens with zero attached hydrogens (tertiary/aromatic N) is 2. The van der Waals surface area contributed by atoms with Crippen molar-refractivity contribution in [1.82, 2.24) is 0 Å². The number of hydrogen-bond donors (Lipinski definition) is 1. The van der Waals surface area contributed by atoms with E-state index in [1.165, 1.54) is 4.90 Å². The fourth-order valence-corrected chi connectivity index (χ4v) is 4.00. The number of carbonyl (C=O) groups is 2. The summed E-state index contributed by atoms with van der Waals surface area (Å²) in [4.78, 5) is 27.6. The zero-order valence-electron chi connectivity index (χ0n) is 19.3. The molecular weight excluding hydrogens is 432 g/mol. The van der Waals surface area contributed by atoms with Crippen LogP contribution in [-0.4, -0.2) is 22.9 Å². The van der Waals surface area contributed by atoms with Crippen LogP contribution in [0.4, 0.5) is 5.69 Å². The summed E-state index contributed by atoms with van der Waals surface area (Å²) in [5.74, 6) is -0.288. The van der Waals surface area contributed by atoms with Crippen LogP contribution in [0.1, 0.15) is 48.1 Å². The van der Waals surface area contributed by atoms with Crippen LogP contribution in [0.2, 0.25) is 0 Å². The van der Waals surface area contributed by atoms with E-state index in [1.54, 1.807) is 61.5 Å². The van der Waals surface area contributed by atoms with Gasteiger partial charge in [-0.15, -0.1) is 0 Å². The third-order valence-electron chi connectivity index (χ3n) is 5.56. The molecular formula is C27H24N2O5. The van der Waals surface area contributed by atoms with E-state index in [9.17, 15) is 14.7 Å². The molecule has 1 N–H and O–H groups in total. The number of anilines is 1. The maximum absolute atomic E-state index is 13.2. The lowest BCUT2D eigenvalue weighted by molar-refractivity contribution is -0.132. The molecule has 172 valence electrons. The fraction of sp³-hybridized carbons (Fsp3) is 0.222. The smallest absolute Gasteiger partial charge is 0.300 e. The van der Waals surface area contributed by atoms with Crippen molar-refractivity contribution in [2.75, 3.05) is 4.90 Å². The molecule has 0 saturated carbocycles. The second-order valence-electron chi connectivity index (χ2n) is 8.42. The highest BCUT2D eigenvalue weighted by molar-refractivity contribution is 6.51. The molecule has 0 spiro atoms. The first-order valence-electron chi connectivity index (χ1n) is 10.9. The predicted molar refractivity (Wildman–Crippen MR) is 126 cm³/mol. The summed E-state index contributed by atoms with van der Waals surface area (Å²) in [5.41, 5.74) is 1.94. The summed E-state index contributed by atoms with van der Waals surface area (Å²) in [6.07, 6.45) is -0.0157. The lowest BCUT2D eigenvalue weighted by Gasteiger charge is -2.23. The summed E-state index contributed by atoms with van der Waals surface area (Å²) >= 11 is 0. The Labute approximate surface area is 197 Å². The minimum absolute atomic E-state index is 0.0157. The lowest BCUT2D eigenvalue weighted by Crippen LogP contribution is -2.29. The lowest BCUT2D eigenvalue weighted by atomic mass is 9.98. The Morgan fingerprint density at radius 1 is 1.09 bits per heavy atom. The standard InChI is InChI=1S/C27H24N2O5/c1-15(2)33-21-12-8-19(13-16(21)3)25(30)23-24(22-11-5-17(4)34-22)29(27(32)26(23)31)20-9-6-18(14-28)7-10-20/h5-13,15,24,30H,1-4H3/b25-23-. The third-order valence-corrected chi connectivity index (χ3v) is 5.56. The van der Waals surface area contributed by atoms with E-state index in [2.05, 4.69) is 0 Å². The minimum atomic E-state index is -0.964. The minimum Gasteiger partial charge on any atom is -0.507 e. The van der Waals surface area contributed by atoms with E-state index in [4.69, 9.17) is 14.4 Å². The molecule has 1 unspecified atom stereocenters. The van der Waals surface area contributed by atoms with Crippen molar-refractivity contribution in [3.8, 4) is 11.8 Å². The highest BCUT2D eigenvalue weighted by Gasteiger charge is 2.48. The number of aliphatic hydroxyl groups excluding tert-OH is 1. The number of carbonyl (C=O) groups excluding carboxylic acids is 2. The van der Waals surface area contributed by atoms with Crippen LogP contribution in [0.15, 0.2) is 64.6 Å². The van der Waals surface area contributed by atoms with Crippen LogP contribution in [-0.2, 0) is 9.59 Å². The number of aryl methyl sites for hydroxylation is 2. The van der Waals surface area contributed by atoms with Crippen molar-refractivity contribution >= 4 is 23.1 Å². The Morgan fingerprint density at radius 3 is 2.35 bits per heavy atom. The Morgan fingerprint density at radius 2 is 1.79 bits per heavy atom. The molecule has 1 aliphatic rings. The fourth-order valence-electron chi connectivity index (χ4n) is 4.00. The molecule has 1 fully saturated rings. The van der Waals surface area contributed by atoms with E-state index in [1.807, 2.05) is 26.8 Å². The van der Waals surface area contributed by atoms with Crippen molar-refractivity contribution in [3.05, 3.63) is 88.4 Å². The summed E-state index contributed by atoms with van der Waals surface area (Å²) in [6.45, 7) is 7.44. The number of hydrogen-bond acceptors (Lipinski definition) is 6. The first kappa shape index (κ1) is 22.9. The summed E-state index contributed by atoms with van der Waals surface area (Å²) in [7, 11) is 0. The summed E-state index contributed by atoms with van der Waals surface area (Å²) in [6, 6.07) is 15.9. The molecule has 0 radical (unpaired) electrons. The number of ketones is 1. The average molecular weight is 456 g/mol. The first-order valence-corrected chi connectivity index (χ1v) is 10.9. The number of furan rings is 1. The monoisotopic (exact) mass is 456 g/mol. The molecule has 1 saturated heterocycles. The average Bonchev–Trinajstić information content (AvgIpc) is 3.35. The van der Waals surface area contributed by atoms with E-state index in [0.29, 0.717) is 34.1 Å². The van der Waals surface area contributed by atoms with Crippen molar-refractivity contribution < 1.29 is 23.8 Å². The molecule has 34 heavy (non-hydrogen) atoms. The maximum Gasteiger partial charge on any atom is 0.300 e.